The van der Waals surface area contributed by atoms with Gasteiger partial charge in [-0.3, -0.25) is 4.79 Å². The second-order valence-electron chi connectivity index (χ2n) is 4.32. The van der Waals surface area contributed by atoms with Crippen molar-refractivity contribution < 1.29 is 4.79 Å². The van der Waals surface area contributed by atoms with Gasteiger partial charge in [0.15, 0.2) is 0 Å². The van der Waals surface area contributed by atoms with Gasteiger partial charge >= 0.3 is 0 Å². The number of pyridine rings is 1. The van der Waals surface area contributed by atoms with E-state index in [0.29, 0.717) is 6.54 Å². The van der Waals surface area contributed by atoms with E-state index in [4.69, 9.17) is 0 Å². The number of nitrogens with zero attached hydrogens (tertiary/aromatic N) is 2. The largest absolute Gasteiger partial charge is 0.347 e. The fourth-order valence-corrected chi connectivity index (χ4v) is 2.16. The van der Waals surface area contributed by atoms with E-state index in [2.05, 4.69) is 26.2 Å². The van der Waals surface area contributed by atoms with Gasteiger partial charge in [0, 0.05) is 22.4 Å². The number of allylic oxidation sites excluding steroid dienone is 1. The summed E-state index contributed by atoms with van der Waals surface area (Å²) in [6.45, 7) is 4.27. The summed E-state index contributed by atoms with van der Waals surface area (Å²) >= 11 is 3.41. The van der Waals surface area contributed by atoms with Crippen LogP contribution in [-0.4, -0.2) is 15.3 Å². The SMILES string of the molecule is CCC=C(C)C(=O)NCc1cn2cc(Br)ccc2n1. The lowest BCUT2D eigenvalue weighted by molar-refractivity contribution is -0.117. The zero-order valence-corrected chi connectivity index (χ0v) is 12.6. The van der Waals surface area contributed by atoms with E-state index in [1.54, 1.807) is 0 Å². The number of halogens is 1. The van der Waals surface area contributed by atoms with Gasteiger partial charge in [-0.25, -0.2) is 4.98 Å². The summed E-state index contributed by atoms with van der Waals surface area (Å²) < 4.78 is 2.93. The Labute approximate surface area is 120 Å². The van der Waals surface area contributed by atoms with E-state index < -0.39 is 0 Å². The third-order valence-corrected chi connectivity index (χ3v) is 3.23. The zero-order valence-electron chi connectivity index (χ0n) is 11.0. The van der Waals surface area contributed by atoms with Gasteiger partial charge in [0.25, 0.3) is 0 Å². The number of carbonyl (C=O) groups is 1. The smallest absolute Gasteiger partial charge is 0.246 e. The molecule has 0 saturated heterocycles. The van der Waals surface area contributed by atoms with Crippen molar-refractivity contribution in [2.75, 3.05) is 0 Å². The quantitative estimate of drug-likeness (QED) is 0.880. The fourth-order valence-electron chi connectivity index (χ4n) is 1.81. The minimum Gasteiger partial charge on any atom is -0.347 e. The predicted molar refractivity (Wildman–Crippen MR) is 78.8 cm³/mol. The number of nitrogens with one attached hydrogen (secondary N) is 1. The molecule has 0 saturated carbocycles. The van der Waals surface area contributed by atoms with Gasteiger partial charge in [0.2, 0.25) is 5.91 Å². The first kappa shape index (κ1) is 13.8. The second-order valence-corrected chi connectivity index (χ2v) is 5.24. The van der Waals surface area contributed by atoms with Gasteiger partial charge in [-0.2, -0.15) is 0 Å². The highest BCUT2D eigenvalue weighted by molar-refractivity contribution is 9.10. The molecule has 2 aromatic rings. The molecule has 1 amide bonds. The topological polar surface area (TPSA) is 46.4 Å². The van der Waals surface area contributed by atoms with E-state index in [1.807, 2.05) is 48.9 Å². The molecular weight excluding hydrogens is 306 g/mol. The van der Waals surface area contributed by atoms with E-state index in [1.165, 1.54) is 0 Å². The molecule has 1 N–H and O–H groups in total. The molecule has 0 unspecified atom stereocenters. The van der Waals surface area contributed by atoms with Crippen molar-refractivity contribution in [3.8, 4) is 0 Å². The molecule has 0 aliphatic heterocycles. The van der Waals surface area contributed by atoms with E-state index in [-0.39, 0.29) is 5.91 Å². The summed E-state index contributed by atoms with van der Waals surface area (Å²) in [4.78, 5) is 16.2. The van der Waals surface area contributed by atoms with Gasteiger partial charge in [0.1, 0.15) is 5.65 Å². The molecular formula is C14H16BrN3O. The molecule has 0 fully saturated rings. The van der Waals surface area contributed by atoms with Crippen molar-refractivity contribution >= 4 is 27.5 Å². The minimum atomic E-state index is -0.0416. The van der Waals surface area contributed by atoms with Gasteiger partial charge < -0.3 is 9.72 Å². The molecule has 0 bridgehead atoms. The molecule has 2 heterocycles. The highest BCUT2D eigenvalue weighted by Crippen LogP contribution is 2.12. The van der Waals surface area contributed by atoms with Crippen LogP contribution in [0.1, 0.15) is 26.0 Å². The van der Waals surface area contributed by atoms with Crippen molar-refractivity contribution in [2.45, 2.75) is 26.8 Å². The Balaban J connectivity index is 2.06. The number of aromatic nitrogens is 2. The van der Waals surface area contributed by atoms with Crippen molar-refractivity contribution in [3.05, 3.63) is 46.3 Å². The Morgan fingerprint density at radius 1 is 1.47 bits per heavy atom. The molecule has 2 aromatic heterocycles. The Kier molecular flexibility index (Phi) is 4.37. The van der Waals surface area contributed by atoms with Crippen LogP contribution in [0.3, 0.4) is 0 Å². The third-order valence-electron chi connectivity index (χ3n) is 2.76. The maximum atomic E-state index is 11.8. The Hall–Kier alpha value is -1.62. The van der Waals surface area contributed by atoms with Crippen molar-refractivity contribution in [2.24, 2.45) is 0 Å². The molecule has 19 heavy (non-hydrogen) atoms. The lowest BCUT2D eigenvalue weighted by atomic mass is 10.2. The molecule has 5 heteroatoms. The van der Waals surface area contributed by atoms with Crippen molar-refractivity contribution in [1.82, 2.24) is 14.7 Å². The molecule has 0 aliphatic carbocycles. The maximum absolute atomic E-state index is 11.8. The van der Waals surface area contributed by atoms with Crippen molar-refractivity contribution in [3.63, 3.8) is 0 Å². The second kappa shape index (κ2) is 6.02. The molecule has 0 aliphatic rings. The van der Waals surface area contributed by atoms with Gasteiger partial charge in [-0.15, -0.1) is 0 Å². The summed E-state index contributed by atoms with van der Waals surface area (Å²) in [6.07, 6.45) is 6.63. The van der Waals surface area contributed by atoms with Crippen LogP contribution < -0.4 is 5.32 Å². The Morgan fingerprint density at radius 3 is 3.00 bits per heavy atom. The summed E-state index contributed by atoms with van der Waals surface area (Å²) in [5.74, 6) is -0.0416. The Morgan fingerprint density at radius 2 is 2.26 bits per heavy atom. The molecule has 2 rings (SSSR count). The lowest BCUT2D eigenvalue weighted by Gasteiger charge is -2.02. The molecule has 4 nitrogen and oxygen atoms in total. The van der Waals surface area contributed by atoms with Crippen LogP contribution in [0.4, 0.5) is 0 Å². The zero-order chi connectivity index (χ0) is 13.8. The first-order chi connectivity index (χ1) is 9.10. The van der Waals surface area contributed by atoms with Crippen LogP contribution >= 0.6 is 15.9 Å². The summed E-state index contributed by atoms with van der Waals surface area (Å²) in [5.41, 5.74) is 2.46. The van der Waals surface area contributed by atoms with Gasteiger partial charge in [-0.1, -0.05) is 13.0 Å². The number of carbonyl (C=O) groups excluding carboxylic acids is 1. The number of hydrogen-bond donors (Lipinski definition) is 1. The van der Waals surface area contributed by atoms with Crippen LogP contribution in [-0.2, 0) is 11.3 Å². The fraction of sp³-hybridized carbons (Fsp3) is 0.286. The van der Waals surface area contributed by atoms with Crippen LogP contribution in [0.25, 0.3) is 5.65 Å². The van der Waals surface area contributed by atoms with E-state index in [9.17, 15) is 4.79 Å². The average Bonchev–Trinajstić information content (AvgIpc) is 2.78. The highest BCUT2D eigenvalue weighted by atomic mass is 79.9. The molecule has 0 atom stereocenters. The van der Waals surface area contributed by atoms with Gasteiger partial charge in [0.05, 0.1) is 12.2 Å². The van der Waals surface area contributed by atoms with Crippen LogP contribution in [0.5, 0.6) is 0 Å². The summed E-state index contributed by atoms with van der Waals surface area (Å²) in [6, 6.07) is 3.87. The van der Waals surface area contributed by atoms with Crippen molar-refractivity contribution in [1.29, 1.82) is 0 Å². The first-order valence-electron chi connectivity index (χ1n) is 6.18. The minimum absolute atomic E-state index is 0.0416. The number of fused-ring (bicyclic) bond motifs is 1. The number of amides is 1. The molecule has 0 radical (unpaired) electrons. The molecule has 100 valence electrons. The standard InChI is InChI=1S/C14H16BrN3O/c1-3-4-10(2)14(19)16-7-12-9-18-8-11(15)5-6-13(18)17-12/h4-6,8-9H,3,7H2,1-2H3,(H,16,19). The Bertz CT molecular complexity index is 631. The van der Waals surface area contributed by atoms with E-state index in [0.717, 1.165) is 27.8 Å². The van der Waals surface area contributed by atoms with Gasteiger partial charge in [-0.05, 0) is 41.4 Å². The highest BCUT2D eigenvalue weighted by Gasteiger charge is 2.06. The lowest BCUT2D eigenvalue weighted by Crippen LogP contribution is -2.23. The molecule has 0 spiro atoms. The summed E-state index contributed by atoms with van der Waals surface area (Å²) in [7, 11) is 0. The number of imidazole rings is 1. The molecule has 0 aromatic carbocycles. The normalized spacial score (nSPS) is 11.8. The van der Waals surface area contributed by atoms with Crippen LogP contribution in [0, 0.1) is 0 Å². The third kappa shape index (κ3) is 3.44. The maximum Gasteiger partial charge on any atom is 0.246 e. The van der Waals surface area contributed by atoms with Crippen LogP contribution in [0.15, 0.2) is 40.6 Å². The van der Waals surface area contributed by atoms with E-state index >= 15 is 0 Å². The van der Waals surface area contributed by atoms with Crippen LogP contribution in [0.2, 0.25) is 0 Å². The summed E-state index contributed by atoms with van der Waals surface area (Å²) in [5, 5.41) is 2.86. The monoisotopic (exact) mass is 321 g/mol. The number of rotatable bonds is 4. The number of hydrogen-bond acceptors (Lipinski definition) is 2. The first-order valence-corrected chi connectivity index (χ1v) is 6.97. The predicted octanol–water partition coefficient (Wildman–Crippen LogP) is 3.07. The average molecular weight is 322 g/mol.